The summed E-state index contributed by atoms with van der Waals surface area (Å²) in [6, 6.07) is 6.06. The lowest BCUT2D eigenvalue weighted by molar-refractivity contribution is 0.811. The summed E-state index contributed by atoms with van der Waals surface area (Å²) in [5, 5.41) is 8.50. The number of fused-ring (bicyclic) bond motifs is 3. The van der Waals surface area contributed by atoms with E-state index in [0.717, 1.165) is 21.9 Å². The van der Waals surface area contributed by atoms with E-state index < -0.39 is 0 Å². The normalized spacial score (nSPS) is 11.4. The molecule has 98 valence electrons. The molecule has 0 unspecified atom stereocenters. The largest absolute Gasteiger partial charge is 0.350 e. The van der Waals surface area contributed by atoms with E-state index in [-0.39, 0.29) is 5.56 Å². The first-order valence-electron chi connectivity index (χ1n) is 6.14. The van der Waals surface area contributed by atoms with E-state index in [1.165, 1.54) is 16.0 Å². The first-order valence-corrected chi connectivity index (χ1v) is 7.02. The highest BCUT2D eigenvalue weighted by molar-refractivity contribution is 7.12. The van der Waals surface area contributed by atoms with Gasteiger partial charge in [-0.1, -0.05) is 11.6 Å². The Bertz CT molecular complexity index is 982. The Kier molecular flexibility index (Phi) is 2.28. The molecular weight excluding hydrogens is 272 g/mol. The van der Waals surface area contributed by atoms with Gasteiger partial charge in [-0.3, -0.25) is 4.79 Å². The third kappa shape index (κ3) is 1.51. The molecule has 0 spiro atoms. The fraction of sp³-hybridized carbons (Fsp3) is 0.0714. The minimum absolute atomic E-state index is 0.175. The van der Waals surface area contributed by atoms with E-state index in [2.05, 4.69) is 21.1 Å². The summed E-state index contributed by atoms with van der Waals surface area (Å²) < 4.78 is 1.33. The van der Waals surface area contributed by atoms with Crippen molar-refractivity contribution in [2.24, 2.45) is 0 Å². The molecule has 1 aromatic carbocycles. The average molecular weight is 282 g/mol. The number of thiazole rings is 1. The molecule has 3 heterocycles. The minimum Gasteiger partial charge on any atom is -0.350 e. The van der Waals surface area contributed by atoms with Crippen molar-refractivity contribution in [2.75, 3.05) is 0 Å². The molecule has 0 atom stereocenters. The van der Waals surface area contributed by atoms with Gasteiger partial charge in [0.05, 0.1) is 6.20 Å². The van der Waals surface area contributed by atoms with Crippen molar-refractivity contribution in [2.45, 2.75) is 6.92 Å². The molecule has 3 aromatic heterocycles. The van der Waals surface area contributed by atoms with Gasteiger partial charge in [0, 0.05) is 27.9 Å². The highest BCUT2D eigenvalue weighted by Gasteiger charge is 2.12. The van der Waals surface area contributed by atoms with Crippen LogP contribution < -0.4 is 5.56 Å². The number of aromatic amines is 1. The SMILES string of the molecule is Cc1ccc2[nH]c3c(=O)n(-c4nccs4)ncc3c2c1. The number of hydrogen-bond donors (Lipinski definition) is 1. The molecular formula is C14H10N4OS. The second-order valence-corrected chi connectivity index (χ2v) is 5.51. The molecule has 6 heteroatoms. The Morgan fingerprint density at radius 1 is 1.30 bits per heavy atom. The van der Waals surface area contributed by atoms with Crippen LogP contribution in [0.2, 0.25) is 0 Å². The standard InChI is InChI=1S/C14H10N4OS/c1-8-2-3-11-9(6-8)10-7-16-18(13(19)12(10)17-11)14-15-4-5-20-14/h2-7,17H,1H3. The maximum absolute atomic E-state index is 12.5. The number of nitrogens with zero attached hydrogens (tertiary/aromatic N) is 3. The van der Waals surface area contributed by atoms with E-state index in [4.69, 9.17) is 0 Å². The monoisotopic (exact) mass is 282 g/mol. The van der Waals surface area contributed by atoms with Crippen LogP contribution in [0.25, 0.3) is 26.9 Å². The number of hydrogen-bond acceptors (Lipinski definition) is 4. The van der Waals surface area contributed by atoms with Crippen LogP contribution in [-0.2, 0) is 0 Å². The lowest BCUT2D eigenvalue weighted by atomic mass is 10.1. The predicted molar refractivity (Wildman–Crippen MR) is 79.6 cm³/mol. The quantitative estimate of drug-likeness (QED) is 0.583. The second-order valence-electron chi connectivity index (χ2n) is 4.64. The van der Waals surface area contributed by atoms with Gasteiger partial charge in [-0.2, -0.15) is 9.78 Å². The van der Waals surface area contributed by atoms with E-state index >= 15 is 0 Å². The maximum Gasteiger partial charge on any atom is 0.297 e. The van der Waals surface area contributed by atoms with Crippen molar-refractivity contribution in [3.63, 3.8) is 0 Å². The molecule has 0 bridgehead atoms. The van der Waals surface area contributed by atoms with Gasteiger partial charge in [0.1, 0.15) is 5.52 Å². The van der Waals surface area contributed by atoms with Gasteiger partial charge in [0.15, 0.2) is 0 Å². The van der Waals surface area contributed by atoms with Crippen molar-refractivity contribution in [1.82, 2.24) is 19.7 Å². The smallest absolute Gasteiger partial charge is 0.297 e. The first kappa shape index (κ1) is 11.4. The number of benzene rings is 1. The predicted octanol–water partition coefficient (Wildman–Crippen LogP) is 2.63. The van der Waals surface area contributed by atoms with Crippen LogP contribution in [0.5, 0.6) is 0 Å². The van der Waals surface area contributed by atoms with Crippen LogP contribution in [-0.4, -0.2) is 19.7 Å². The van der Waals surface area contributed by atoms with Gasteiger partial charge in [0.25, 0.3) is 5.56 Å². The molecule has 20 heavy (non-hydrogen) atoms. The number of H-pyrrole nitrogens is 1. The molecule has 0 aliphatic heterocycles. The summed E-state index contributed by atoms with van der Waals surface area (Å²) in [6.45, 7) is 2.03. The van der Waals surface area contributed by atoms with E-state index in [1.54, 1.807) is 12.4 Å². The van der Waals surface area contributed by atoms with Gasteiger partial charge >= 0.3 is 0 Å². The summed E-state index contributed by atoms with van der Waals surface area (Å²) in [4.78, 5) is 19.8. The van der Waals surface area contributed by atoms with E-state index in [1.807, 2.05) is 24.4 Å². The highest BCUT2D eigenvalue weighted by atomic mass is 32.1. The summed E-state index contributed by atoms with van der Waals surface area (Å²) in [5.74, 6) is 0. The fourth-order valence-electron chi connectivity index (χ4n) is 2.36. The summed E-state index contributed by atoms with van der Waals surface area (Å²) in [6.07, 6.45) is 3.38. The van der Waals surface area contributed by atoms with Crippen molar-refractivity contribution in [1.29, 1.82) is 0 Å². The van der Waals surface area contributed by atoms with Gasteiger partial charge in [-0.25, -0.2) is 4.98 Å². The Hall–Kier alpha value is -2.47. The van der Waals surface area contributed by atoms with E-state index in [9.17, 15) is 4.79 Å². The van der Waals surface area contributed by atoms with Crippen LogP contribution in [0.1, 0.15) is 5.56 Å². The van der Waals surface area contributed by atoms with Gasteiger partial charge in [-0.05, 0) is 19.1 Å². The summed E-state index contributed by atoms with van der Waals surface area (Å²) in [7, 11) is 0. The minimum atomic E-state index is -0.175. The lowest BCUT2D eigenvalue weighted by Crippen LogP contribution is -2.20. The molecule has 0 saturated carbocycles. The first-order chi connectivity index (χ1) is 9.74. The van der Waals surface area contributed by atoms with Crippen LogP contribution in [0.4, 0.5) is 0 Å². The molecule has 4 rings (SSSR count). The molecule has 0 fully saturated rings. The molecule has 0 aliphatic carbocycles. The van der Waals surface area contributed by atoms with Crippen LogP contribution in [0.3, 0.4) is 0 Å². The molecule has 0 radical (unpaired) electrons. The summed E-state index contributed by atoms with van der Waals surface area (Å²) in [5.41, 5.74) is 2.49. The Morgan fingerprint density at radius 3 is 3.00 bits per heavy atom. The molecule has 4 aromatic rings. The maximum atomic E-state index is 12.5. The van der Waals surface area contributed by atoms with Gasteiger partial charge in [-0.15, -0.1) is 11.3 Å². The third-order valence-electron chi connectivity index (χ3n) is 3.30. The van der Waals surface area contributed by atoms with Crippen LogP contribution >= 0.6 is 11.3 Å². The van der Waals surface area contributed by atoms with Crippen molar-refractivity contribution in [3.8, 4) is 5.13 Å². The van der Waals surface area contributed by atoms with Crippen molar-refractivity contribution < 1.29 is 0 Å². The second kappa shape index (κ2) is 4.01. The Morgan fingerprint density at radius 2 is 2.20 bits per heavy atom. The molecule has 0 amide bonds. The van der Waals surface area contributed by atoms with E-state index in [0.29, 0.717) is 10.6 Å². The Labute approximate surface area is 117 Å². The average Bonchev–Trinajstić information content (AvgIpc) is 3.07. The zero-order valence-electron chi connectivity index (χ0n) is 10.6. The lowest BCUT2D eigenvalue weighted by Gasteiger charge is -1.98. The molecule has 0 aliphatic rings. The molecule has 0 saturated heterocycles. The third-order valence-corrected chi connectivity index (χ3v) is 4.05. The summed E-state index contributed by atoms with van der Waals surface area (Å²) >= 11 is 1.38. The zero-order valence-corrected chi connectivity index (χ0v) is 11.4. The van der Waals surface area contributed by atoms with Crippen LogP contribution in [0, 0.1) is 6.92 Å². The number of aryl methyl sites for hydroxylation is 1. The van der Waals surface area contributed by atoms with Crippen molar-refractivity contribution >= 4 is 33.1 Å². The van der Waals surface area contributed by atoms with Gasteiger partial charge < -0.3 is 4.98 Å². The number of aromatic nitrogens is 4. The number of rotatable bonds is 1. The van der Waals surface area contributed by atoms with Crippen LogP contribution in [0.15, 0.2) is 40.8 Å². The fourth-order valence-corrected chi connectivity index (χ4v) is 2.95. The Balaban J connectivity index is 2.12. The number of nitrogens with one attached hydrogen (secondary N) is 1. The van der Waals surface area contributed by atoms with Crippen molar-refractivity contribution in [3.05, 3.63) is 51.9 Å². The topological polar surface area (TPSA) is 63.6 Å². The molecule has 1 N–H and O–H groups in total. The highest BCUT2D eigenvalue weighted by Crippen LogP contribution is 2.23. The van der Waals surface area contributed by atoms with Gasteiger partial charge in [0.2, 0.25) is 5.13 Å². The zero-order chi connectivity index (χ0) is 13.7. The molecule has 5 nitrogen and oxygen atoms in total.